The van der Waals surface area contributed by atoms with Gasteiger partial charge in [-0.05, 0) is 45.7 Å². The fraction of sp³-hybridized carbons (Fsp3) is 0.462. The first-order valence-corrected chi connectivity index (χ1v) is 6.10. The van der Waals surface area contributed by atoms with Crippen LogP contribution in [0.25, 0.3) is 0 Å². The Morgan fingerprint density at radius 3 is 2.24 bits per heavy atom. The lowest BCUT2D eigenvalue weighted by Gasteiger charge is -2.13. The highest BCUT2D eigenvalue weighted by molar-refractivity contribution is 7.99. The Labute approximate surface area is 107 Å². The van der Waals surface area contributed by atoms with Crippen LogP contribution in [-0.4, -0.2) is 22.7 Å². The Kier molecular flexibility index (Phi) is 7.07. The minimum atomic E-state index is -0.215. The first-order chi connectivity index (χ1) is 7.90. The van der Waals surface area contributed by atoms with Crippen molar-refractivity contribution in [1.82, 2.24) is 0 Å². The summed E-state index contributed by atoms with van der Waals surface area (Å²) in [6.45, 7) is 8.07. The van der Waals surface area contributed by atoms with E-state index < -0.39 is 0 Å². The molecule has 1 aromatic rings. The first kappa shape index (κ1) is 16.1. The van der Waals surface area contributed by atoms with Crippen LogP contribution in [0.5, 0.6) is 0 Å². The maximum atomic E-state index is 13.4. The van der Waals surface area contributed by atoms with Crippen molar-refractivity contribution in [2.24, 2.45) is 4.40 Å². The number of rotatable bonds is 2. The number of aliphatic hydroxyl groups excluding tert-OH is 1. The van der Waals surface area contributed by atoms with E-state index in [0.29, 0.717) is 5.56 Å². The molecule has 0 spiro atoms. The highest BCUT2D eigenvalue weighted by atomic mass is 32.2. The summed E-state index contributed by atoms with van der Waals surface area (Å²) in [6.07, 6.45) is 0. The van der Waals surface area contributed by atoms with Gasteiger partial charge in [-0.15, -0.1) is 0 Å². The topological polar surface area (TPSA) is 32.6 Å². The van der Waals surface area contributed by atoms with E-state index in [1.54, 1.807) is 12.1 Å². The lowest BCUT2D eigenvalue weighted by molar-refractivity contribution is 0.399. The molecule has 2 nitrogen and oxygen atoms in total. The van der Waals surface area contributed by atoms with E-state index in [4.69, 9.17) is 5.11 Å². The second kappa shape index (κ2) is 7.45. The largest absolute Gasteiger partial charge is 0.400 e. The molecule has 0 aliphatic heterocycles. The molecule has 0 bridgehead atoms. The van der Waals surface area contributed by atoms with E-state index in [1.807, 2.05) is 13.0 Å². The molecule has 1 N–H and O–H groups in total. The first-order valence-electron chi connectivity index (χ1n) is 5.32. The summed E-state index contributed by atoms with van der Waals surface area (Å²) in [5.74, 6) is -0.215. The maximum Gasteiger partial charge on any atom is 0.132 e. The van der Waals surface area contributed by atoms with E-state index >= 15 is 0 Å². The molecule has 0 saturated carbocycles. The second-order valence-corrected chi connectivity index (χ2v) is 5.95. The van der Waals surface area contributed by atoms with Crippen molar-refractivity contribution in [3.8, 4) is 0 Å². The van der Waals surface area contributed by atoms with E-state index in [-0.39, 0.29) is 10.6 Å². The monoisotopic (exact) mass is 257 g/mol. The van der Waals surface area contributed by atoms with Crippen LogP contribution >= 0.6 is 11.9 Å². The van der Waals surface area contributed by atoms with Crippen LogP contribution in [0.15, 0.2) is 28.7 Å². The number of hydrogen-bond donors (Lipinski definition) is 1. The van der Waals surface area contributed by atoms with Gasteiger partial charge in [-0.2, -0.15) is 0 Å². The third-order valence-electron chi connectivity index (χ3n) is 1.72. The van der Waals surface area contributed by atoms with Gasteiger partial charge < -0.3 is 5.11 Å². The zero-order valence-electron chi connectivity index (χ0n) is 11.0. The maximum absolute atomic E-state index is 13.4. The average Bonchev–Trinajstić information content (AvgIpc) is 2.28. The molecule has 0 radical (unpaired) electrons. The molecule has 0 amide bonds. The summed E-state index contributed by atoms with van der Waals surface area (Å²) >= 11 is 1.47. The highest BCUT2D eigenvalue weighted by Gasteiger charge is 2.11. The molecule has 1 aromatic carbocycles. The van der Waals surface area contributed by atoms with Crippen molar-refractivity contribution < 1.29 is 9.50 Å². The quantitative estimate of drug-likeness (QED) is 0.647. The molecule has 0 aliphatic rings. The normalized spacial score (nSPS) is 11.8. The molecule has 0 aliphatic carbocycles. The van der Waals surface area contributed by atoms with Crippen molar-refractivity contribution in [2.45, 2.75) is 32.4 Å². The lowest BCUT2D eigenvalue weighted by atomic mass is 10.1. The fourth-order valence-corrected chi connectivity index (χ4v) is 1.52. The standard InChI is InChI=1S/C12H16FNS.CH4O/c1-9(14-15-12(2,3)4)10-7-5-6-8-11(10)13;1-2/h5-8H,1-4H3;2H,1H3/b14-9+;. The third kappa shape index (κ3) is 6.44. The third-order valence-corrected chi connectivity index (χ3v) is 2.63. The molecule has 0 saturated heterocycles. The lowest BCUT2D eigenvalue weighted by Crippen LogP contribution is -2.06. The summed E-state index contributed by atoms with van der Waals surface area (Å²) < 4.78 is 17.8. The Morgan fingerprint density at radius 2 is 1.76 bits per heavy atom. The van der Waals surface area contributed by atoms with E-state index in [9.17, 15) is 4.39 Å². The summed E-state index contributed by atoms with van der Waals surface area (Å²) in [5, 5.41) is 7.00. The number of benzene rings is 1. The van der Waals surface area contributed by atoms with E-state index in [2.05, 4.69) is 25.2 Å². The predicted octanol–water partition coefficient (Wildman–Crippen LogP) is 3.69. The second-order valence-electron chi connectivity index (χ2n) is 4.36. The molecule has 96 valence electrons. The van der Waals surface area contributed by atoms with Gasteiger partial charge in [0.15, 0.2) is 0 Å². The van der Waals surface area contributed by atoms with Gasteiger partial charge in [0.05, 0.1) is 5.71 Å². The fourth-order valence-electron chi connectivity index (χ4n) is 1.01. The van der Waals surface area contributed by atoms with Gasteiger partial charge in [0.1, 0.15) is 5.82 Å². The van der Waals surface area contributed by atoms with Crippen LogP contribution < -0.4 is 0 Å². The van der Waals surface area contributed by atoms with Crippen molar-refractivity contribution >= 4 is 17.7 Å². The van der Waals surface area contributed by atoms with Gasteiger partial charge >= 0.3 is 0 Å². The van der Waals surface area contributed by atoms with Gasteiger partial charge in [-0.25, -0.2) is 8.79 Å². The van der Waals surface area contributed by atoms with Gasteiger partial charge in [-0.3, -0.25) is 0 Å². The number of aliphatic hydroxyl groups is 1. The predicted molar refractivity (Wildman–Crippen MR) is 74.1 cm³/mol. The van der Waals surface area contributed by atoms with Gasteiger partial charge in [0, 0.05) is 17.4 Å². The van der Waals surface area contributed by atoms with Crippen molar-refractivity contribution in [3.05, 3.63) is 35.6 Å². The molecule has 4 heteroatoms. The molecular formula is C13H20FNOS. The Hall–Kier alpha value is -0.870. The average molecular weight is 257 g/mol. The minimum absolute atomic E-state index is 0.0620. The Balaban J connectivity index is 0.00000121. The van der Waals surface area contributed by atoms with Crippen LogP contribution in [0.2, 0.25) is 0 Å². The van der Waals surface area contributed by atoms with Crippen molar-refractivity contribution in [1.29, 1.82) is 0 Å². The van der Waals surface area contributed by atoms with Crippen molar-refractivity contribution in [3.63, 3.8) is 0 Å². The molecule has 0 heterocycles. The molecule has 0 aromatic heterocycles. The Morgan fingerprint density at radius 1 is 1.24 bits per heavy atom. The van der Waals surface area contributed by atoms with Crippen LogP contribution in [0.4, 0.5) is 4.39 Å². The summed E-state index contributed by atoms with van der Waals surface area (Å²) in [4.78, 5) is 0. The van der Waals surface area contributed by atoms with Gasteiger partial charge in [-0.1, -0.05) is 18.2 Å². The highest BCUT2D eigenvalue weighted by Crippen LogP contribution is 2.25. The minimum Gasteiger partial charge on any atom is -0.400 e. The smallest absolute Gasteiger partial charge is 0.132 e. The van der Waals surface area contributed by atoms with Crippen molar-refractivity contribution in [2.75, 3.05) is 7.11 Å². The van der Waals surface area contributed by atoms with Gasteiger partial charge in [0.2, 0.25) is 0 Å². The number of hydrogen-bond acceptors (Lipinski definition) is 3. The Bertz CT molecular complexity index is 372. The summed E-state index contributed by atoms with van der Waals surface area (Å²) in [5.41, 5.74) is 1.31. The molecular weight excluding hydrogens is 237 g/mol. The van der Waals surface area contributed by atoms with E-state index in [1.165, 1.54) is 18.0 Å². The zero-order chi connectivity index (χ0) is 13.5. The molecule has 1 rings (SSSR count). The zero-order valence-corrected chi connectivity index (χ0v) is 11.8. The molecule has 0 fully saturated rings. The summed E-state index contributed by atoms with van der Waals surface area (Å²) in [7, 11) is 1.00. The molecule has 17 heavy (non-hydrogen) atoms. The van der Waals surface area contributed by atoms with Crippen LogP contribution in [0.3, 0.4) is 0 Å². The number of halogens is 1. The van der Waals surface area contributed by atoms with Crippen LogP contribution in [0, 0.1) is 5.82 Å². The number of nitrogens with zero attached hydrogens (tertiary/aromatic N) is 1. The SMILES string of the molecule is C/C(=N\SC(C)(C)C)c1ccccc1F.CO. The van der Waals surface area contributed by atoms with Crippen LogP contribution in [0.1, 0.15) is 33.3 Å². The van der Waals surface area contributed by atoms with Gasteiger partial charge in [0.25, 0.3) is 0 Å². The molecule has 0 unspecified atom stereocenters. The van der Waals surface area contributed by atoms with E-state index in [0.717, 1.165) is 12.8 Å². The molecule has 0 atom stereocenters. The van der Waals surface area contributed by atoms with Crippen LogP contribution in [-0.2, 0) is 0 Å². The summed E-state index contributed by atoms with van der Waals surface area (Å²) in [6, 6.07) is 6.70.